The molecule has 0 unspecified atom stereocenters. The van der Waals surface area contributed by atoms with Crippen molar-refractivity contribution in [3.8, 4) is 0 Å². The molecule has 1 aromatic carbocycles. The van der Waals surface area contributed by atoms with Gasteiger partial charge in [0.05, 0.1) is 6.04 Å². The fraction of sp³-hybridized carbons (Fsp3) is 0.450. The molecule has 0 radical (unpaired) electrons. The minimum absolute atomic E-state index is 0.0970. The summed E-state index contributed by atoms with van der Waals surface area (Å²) in [6.07, 6.45) is 8.31. The van der Waals surface area contributed by atoms with Crippen LogP contribution in [0.3, 0.4) is 0 Å². The second kappa shape index (κ2) is 4.57. The predicted molar refractivity (Wildman–Crippen MR) is 91.5 cm³/mol. The number of carbonyl (C=O) groups is 1. The first-order valence-electron chi connectivity index (χ1n) is 8.73. The standard InChI is InChI=1S/C20H22N2O/c1-2-12-21-13-11-20-15-5-3-4-6-16(15)22-18(23)10-8-14(19(20)22)7-9-17(20)21/h2-7,17,19H,1,8-13H2/t17-,19-,20-/m0/s1. The molecule has 3 atom stereocenters. The SMILES string of the molecule is C=CCN1CC[C@]23c4ccccc4N4C(=O)CCC(=CC[C@H]12)[C@H]43. The molecule has 0 bridgehead atoms. The van der Waals surface area contributed by atoms with E-state index in [4.69, 9.17) is 0 Å². The number of hydrogen-bond donors (Lipinski definition) is 0. The Hall–Kier alpha value is -1.87. The fourth-order valence-electron chi connectivity index (χ4n) is 5.71. The van der Waals surface area contributed by atoms with Crippen LogP contribution in [0.15, 0.2) is 48.6 Å². The number of anilines is 1. The molecule has 0 aromatic heterocycles. The van der Waals surface area contributed by atoms with Gasteiger partial charge in [-0.25, -0.2) is 0 Å². The minimum Gasteiger partial charge on any atom is -0.304 e. The van der Waals surface area contributed by atoms with E-state index in [-0.39, 0.29) is 11.5 Å². The second-order valence-electron chi connectivity index (χ2n) is 7.29. The smallest absolute Gasteiger partial charge is 0.227 e. The number of fused-ring (bicyclic) bond motifs is 2. The lowest BCUT2D eigenvalue weighted by Crippen LogP contribution is -2.58. The number of amides is 1. The summed E-state index contributed by atoms with van der Waals surface area (Å²) in [7, 11) is 0. The zero-order valence-electron chi connectivity index (χ0n) is 13.4. The average Bonchev–Trinajstić information content (AvgIpc) is 3.09. The summed E-state index contributed by atoms with van der Waals surface area (Å²) in [6.45, 7) is 5.98. The topological polar surface area (TPSA) is 23.6 Å². The van der Waals surface area contributed by atoms with Gasteiger partial charge in [-0.2, -0.15) is 0 Å². The van der Waals surface area contributed by atoms with E-state index in [1.54, 1.807) is 0 Å². The molecule has 2 fully saturated rings. The number of benzene rings is 1. The van der Waals surface area contributed by atoms with Gasteiger partial charge in [0.1, 0.15) is 0 Å². The van der Waals surface area contributed by atoms with E-state index in [9.17, 15) is 4.79 Å². The van der Waals surface area contributed by atoms with E-state index < -0.39 is 0 Å². The van der Waals surface area contributed by atoms with Crippen LogP contribution < -0.4 is 4.90 Å². The van der Waals surface area contributed by atoms with Gasteiger partial charge in [0, 0.05) is 30.1 Å². The van der Waals surface area contributed by atoms with Gasteiger partial charge in [-0.15, -0.1) is 6.58 Å². The molecule has 23 heavy (non-hydrogen) atoms. The molecule has 3 aliphatic heterocycles. The van der Waals surface area contributed by atoms with Crippen LogP contribution in [0.25, 0.3) is 0 Å². The van der Waals surface area contributed by atoms with Crippen LogP contribution >= 0.6 is 0 Å². The quantitative estimate of drug-likeness (QED) is 0.784. The molecule has 0 N–H and O–H groups in total. The van der Waals surface area contributed by atoms with Gasteiger partial charge in [0.15, 0.2) is 0 Å². The Morgan fingerprint density at radius 3 is 3.04 bits per heavy atom. The lowest BCUT2D eigenvalue weighted by Gasteiger charge is -2.47. The zero-order valence-corrected chi connectivity index (χ0v) is 13.4. The predicted octanol–water partition coefficient (Wildman–Crippen LogP) is 3.02. The second-order valence-corrected chi connectivity index (χ2v) is 7.29. The average molecular weight is 306 g/mol. The number of piperidine rings is 1. The summed E-state index contributed by atoms with van der Waals surface area (Å²) in [5.74, 6) is 0.305. The Kier molecular flexibility index (Phi) is 2.70. The van der Waals surface area contributed by atoms with E-state index in [0.29, 0.717) is 18.4 Å². The molecule has 1 amide bonds. The van der Waals surface area contributed by atoms with Crippen molar-refractivity contribution in [2.75, 3.05) is 18.0 Å². The van der Waals surface area contributed by atoms with Gasteiger partial charge in [0.2, 0.25) is 5.91 Å². The minimum atomic E-state index is 0.0970. The van der Waals surface area contributed by atoms with Crippen molar-refractivity contribution in [3.05, 3.63) is 54.1 Å². The van der Waals surface area contributed by atoms with Crippen molar-refractivity contribution < 1.29 is 4.79 Å². The number of hydrogen-bond acceptors (Lipinski definition) is 2. The van der Waals surface area contributed by atoms with Crippen LogP contribution in [0.4, 0.5) is 5.69 Å². The van der Waals surface area contributed by atoms with E-state index in [2.05, 4.69) is 46.7 Å². The highest BCUT2D eigenvalue weighted by atomic mass is 16.2. The van der Waals surface area contributed by atoms with Crippen LogP contribution in [0.1, 0.15) is 31.2 Å². The van der Waals surface area contributed by atoms with Gasteiger partial charge in [0.25, 0.3) is 0 Å². The Bertz CT molecular complexity index is 737. The summed E-state index contributed by atoms with van der Waals surface area (Å²) >= 11 is 0. The maximum Gasteiger partial charge on any atom is 0.227 e. The fourth-order valence-corrected chi connectivity index (χ4v) is 5.71. The monoisotopic (exact) mass is 306 g/mol. The normalized spacial score (nSPS) is 34.7. The lowest BCUT2D eigenvalue weighted by atomic mass is 9.63. The van der Waals surface area contributed by atoms with E-state index >= 15 is 0 Å². The van der Waals surface area contributed by atoms with Crippen LogP contribution in [0, 0.1) is 0 Å². The molecule has 118 valence electrons. The largest absolute Gasteiger partial charge is 0.304 e. The molecule has 3 heteroatoms. The maximum atomic E-state index is 12.7. The Morgan fingerprint density at radius 1 is 1.30 bits per heavy atom. The van der Waals surface area contributed by atoms with E-state index in [0.717, 1.165) is 32.4 Å². The van der Waals surface area contributed by atoms with Gasteiger partial charge in [-0.05, 0) is 43.0 Å². The first-order valence-corrected chi connectivity index (χ1v) is 8.73. The van der Waals surface area contributed by atoms with Crippen LogP contribution in [-0.2, 0) is 10.2 Å². The third-order valence-electron chi connectivity index (χ3n) is 6.47. The number of para-hydroxylation sites is 1. The van der Waals surface area contributed by atoms with Crippen LogP contribution in [0.2, 0.25) is 0 Å². The molecule has 3 heterocycles. The third-order valence-corrected chi connectivity index (χ3v) is 6.47. The van der Waals surface area contributed by atoms with Crippen LogP contribution in [0.5, 0.6) is 0 Å². The summed E-state index contributed by atoms with van der Waals surface area (Å²) in [5, 5.41) is 0. The first kappa shape index (κ1) is 13.6. The molecule has 5 rings (SSSR count). The highest BCUT2D eigenvalue weighted by Gasteiger charge is 2.63. The number of likely N-dealkylation sites (tertiary alicyclic amines) is 1. The molecule has 1 aliphatic carbocycles. The first-order chi connectivity index (χ1) is 11.3. The Morgan fingerprint density at radius 2 is 2.17 bits per heavy atom. The highest BCUT2D eigenvalue weighted by Crippen LogP contribution is 2.59. The molecule has 1 spiro atoms. The number of rotatable bonds is 2. The lowest BCUT2D eigenvalue weighted by molar-refractivity contribution is -0.119. The van der Waals surface area contributed by atoms with Gasteiger partial charge >= 0.3 is 0 Å². The van der Waals surface area contributed by atoms with Crippen molar-refractivity contribution in [1.82, 2.24) is 4.90 Å². The third kappa shape index (κ3) is 1.51. The molecular formula is C20H22N2O. The Balaban J connectivity index is 1.75. The van der Waals surface area contributed by atoms with E-state index in [1.807, 2.05) is 6.08 Å². The van der Waals surface area contributed by atoms with E-state index in [1.165, 1.54) is 16.8 Å². The van der Waals surface area contributed by atoms with Crippen molar-refractivity contribution >= 4 is 11.6 Å². The van der Waals surface area contributed by atoms with Crippen molar-refractivity contribution in [3.63, 3.8) is 0 Å². The van der Waals surface area contributed by atoms with Crippen LogP contribution in [-0.4, -0.2) is 36.0 Å². The van der Waals surface area contributed by atoms with Gasteiger partial charge in [-0.3, -0.25) is 9.69 Å². The van der Waals surface area contributed by atoms with Gasteiger partial charge < -0.3 is 4.90 Å². The molecule has 3 nitrogen and oxygen atoms in total. The van der Waals surface area contributed by atoms with Crippen molar-refractivity contribution in [1.29, 1.82) is 0 Å². The highest BCUT2D eigenvalue weighted by molar-refractivity contribution is 6.00. The summed E-state index contributed by atoms with van der Waals surface area (Å²) in [6, 6.07) is 9.39. The molecule has 2 saturated heterocycles. The van der Waals surface area contributed by atoms with Gasteiger partial charge in [-0.1, -0.05) is 30.4 Å². The Labute approximate surface area is 137 Å². The summed E-state index contributed by atoms with van der Waals surface area (Å²) in [4.78, 5) is 17.4. The maximum absolute atomic E-state index is 12.7. The summed E-state index contributed by atoms with van der Waals surface area (Å²) < 4.78 is 0. The molecule has 0 saturated carbocycles. The van der Waals surface area contributed by atoms with Crippen molar-refractivity contribution in [2.24, 2.45) is 0 Å². The number of carbonyl (C=O) groups excluding carboxylic acids is 1. The number of nitrogens with zero attached hydrogens (tertiary/aromatic N) is 2. The summed E-state index contributed by atoms with van der Waals surface area (Å²) in [5.41, 5.74) is 4.17. The molecule has 1 aromatic rings. The molecular weight excluding hydrogens is 284 g/mol. The molecule has 4 aliphatic rings. The van der Waals surface area contributed by atoms with Crippen molar-refractivity contribution in [2.45, 2.75) is 43.2 Å². The zero-order chi connectivity index (χ0) is 15.6.